The standard InChI is InChI=1S/C26H26N6O3S.C23H30N2O5S.C10H9BrN4.C10H10N4.C6H6N4.C4H7BrO.C2H4O2.C2H6O.Br2/c1-4-23-24(32-16-21(15-27)29-18(3)25(32)30-23)20-9-7-19(8-10-20)13-14-28-26(33)31-36(34,35)22-11-5-17(2)6-12-22;1-16-6-12-19(13-7-16)31(27,28)25-21(26)24-15-14-17-8-10-18(11-9-17)20-29-22(2,3)23(4,5)30-20;1-3-8-9(11)15-5-7(4-12)13-6(2)10(15)14-8;1-3-8-5-14-6-9(4-11)12-7(2)10(14)13-8;1-4-6(8)9-3-5(2-7)10-4;1-2-4(6)3-5;1-2(3)4;1-2-3;1-2/h5-12,16H,4,13-14H2,1-3H3,(H2,28,31,33);6-13,20H,14-15H2,1-5H3,(H2,24,25,26);5H,3H2,1-2H3;5-6H,3H2,1-2H3;3H,1H3,(H2,8,9);2-3H2,1H3;1H3,(H,3,4);3H,2H2,1H3;. The highest BCUT2D eigenvalue weighted by Gasteiger charge is 2.49. The van der Waals surface area contributed by atoms with Gasteiger partial charge in [0.2, 0.25) is 0 Å². The Morgan fingerprint density at radius 1 is 0.554 bits per heavy atom. The highest BCUT2D eigenvalue weighted by atomic mass is 80.9. The number of rotatable bonds is 17. The van der Waals surface area contributed by atoms with Crippen molar-refractivity contribution in [1.82, 2.24) is 73.2 Å². The van der Waals surface area contributed by atoms with Crippen molar-refractivity contribution < 1.29 is 55.7 Å². The molecule has 38 heteroatoms. The first-order valence-electron chi connectivity index (χ1n) is 37.5. The number of amides is 4. The molecule has 0 spiro atoms. The number of hydrogen-bond donors (Lipinski definition) is 7. The van der Waals surface area contributed by atoms with Crippen LogP contribution in [0.1, 0.15) is 172 Å². The first-order valence-corrected chi connectivity index (χ1v) is 46.1. The number of fused-ring (bicyclic) bond motifs is 3. The zero-order valence-corrected chi connectivity index (χ0v) is 77.8. The number of imidazole rings is 3. The fraction of sp³-hybridized carbons (Fsp3) is 0.349. The number of Topliss-reactive ketones (excluding diaryl/α,β-unsaturated/α-hetero) is 1. The van der Waals surface area contributed by atoms with Gasteiger partial charge in [-0.25, -0.2) is 75.7 Å². The predicted octanol–water partition coefficient (Wildman–Crippen LogP) is 14.6. The number of ketones is 1. The molecule has 12 rings (SSSR count). The number of nitrogen functional groups attached to an aromatic ring is 1. The van der Waals surface area contributed by atoms with E-state index < -0.39 is 55.6 Å². The number of sulfonamides is 2. The maximum atomic E-state index is 12.3. The molecule has 642 valence electrons. The molecule has 7 aromatic heterocycles. The van der Waals surface area contributed by atoms with E-state index in [4.69, 9.17) is 51.0 Å². The van der Waals surface area contributed by atoms with Crippen LogP contribution in [0.5, 0.6) is 0 Å². The molecule has 4 amide bonds. The third-order valence-electron chi connectivity index (χ3n) is 17.5. The van der Waals surface area contributed by atoms with Gasteiger partial charge in [-0.1, -0.05) is 128 Å². The highest BCUT2D eigenvalue weighted by Crippen LogP contribution is 2.45. The number of aliphatic hydroxyl groups excluding tert-OH is 1. The van der Waals surface area contributed by atoms with Crippen molar-refractivity contribution in [3.8, 4) is 35.5 Å². The summed E-state index contributed by atoms with van der Waals surface area (Å²) in [4.78, 5) is 77.1. The number of nitrogens with one attached hydrogen (secondary N) is 4. The van der Waals surface area contributed by atoms with E-state index in [0.717, 1.165) is 115 Å². The first kappa shape index (κ1) is 102. The minimum absolute atomic E-state index is 0.0329. The third-order valence-corrected chi connectivity index (χ3v) is 21.7. The monoisotopic (exact) mass is 1950 g/mol. The lowest BCUT2D eigenvalue weighted by molar-refractivity contribution is -0.134. The molecule has 0 saturated carbocycles. The Balaban J connectivity index is 0.000000323. The SMILES string of the molecule is BrBr.CC(=O)O.CCC(=O)CBr.CCO.CCc1cn2cc(C#N)nc(C)c2n1.CCc1nc2c(C)nc(C#N)cn2c1-c1ccc(CCNC(=O)NS(=O)(=O)c2ccc(C)cc2)cc1.CCc1nc2c(C)nc(C#N)cn2c1Br.Cc1ccc(S(=O)(=O)NC(=O)NCCc2ccc(C3OC(C)(C)C(C)(C)O3)cc2)cc1.Cc1nc(C#N)cnc1N. The summed E-state index contributed by atoms with van der Waals surface area (Å²) in [6.45, 7) is 30.6. The summed E-state index contributed by atoms with van der Waals surface area (Å²) in [5.74, 6) is -0.200. The molecule has 0 atom stereocenters. The number of ether oxygens (including phenoxy) is 2. The third kappa shape index (κ3) is 30.9. The number of carbonyl (C=O) groups excluding carboxylic acids is 3. The van der Waals surface area contributed by atoms with Crippen molar-refractivity contribution in [2.45, 2.75) is 177 Å². The molecule has 1 aliphatic rings. The number of halogens is 4. The van der Waals surface area contributed by atoms with Gasteiger partial charge in [-0.15, -0.1) is 0 Å². The lowest BCUT2D eigenvalue weighted by atomic mass is 9.90. The van der Waals surface area contributed by atoms with Crippen LogP contribution < -0.4 is 25.8 Å². The van der Waals surface area contributed by atoms with E-state index in [9.17, 15) is 36.5 Å². The van der Waals surface area contributed by atoms with Crippen LogP contribution in [0.3, 0.4) is 0 Å². The molecule has 32 nitrogen and oxygen atoms in total. The zero-order valence-electron chi connectivity index (χ0n) is 69.9. The van der Waals surface area contributed by atoms with E-state index in [0.29, 0.717) is 71.1 Å². The minimum atomic E-state index is -3.93. The number of urea groups is 2. The van der Waals surface area contributed by atoms with Gasteiger partial charge in [0.1, 0.15) is 40.5 Å². The number of nitriles is 4. The van der Waals surface area contributed by atoms with Gasteiger partial charge in [0.25, 0.3) is 26.0 Å². The van der Waals surface area contributed by atoms with Crippen LogP contribution in [0, 0.1) is 86.9 Å². The van der Waals surface area contributed by atoms with Crippen molar-refractivity contribution in [3.63, 3.8) is 0 Å². The second-order valence-corrected chi connectivity index (χ2v) is 31.9. The van der Waals surface area contributed by atoms with Gasteiger partial charge < -0.3 is 40.5 Å². The summed E-state index contributed by atoms with van der Waals surface area (Å²) < 4.78 is 71.9. The zero-order chi connectivity index (χ0) is 90.7. The molecular weight excluding hydrogens is 1850 g/mol. The van der Waals surface area contributed by atoms with E-state index in [1.54, 1.807) is 56.7 Å². The number of aliphatic hydroxyl groups is 1. The number of benzene rings is 4. The Kier molecular flexibility index (Phi) is 41.4. The Morgan fingerprint density at radius 3 is 1.35 bits per heavy atom. The molecule has 1 fully saturated rings. The van der Waals surface area contributed by atoms with E-state index in [1.807, 2.05) is 179 Å². The number of alkyl halides is 1. The molecule has 11 aromatic rings. The number of aryl methyl sites for hydroxylation is 9. The van der Waals surface area contributed by atoms with Gasteiger partial charge in [0.05, 0.1) is 78.1 Å². The largest absolute Gasteiger partial charge is 0.481 e. The molecule has 8 heterocycles. The average molecular weight is 1950 g/mol. The van der Waals surface area contributed by atoms with Crippen molar-refractivity contribution in [2.75, 3.05) is 30.8 Å². The predicted molar refractivity (Wildman–Crippen MR) is 474 cm³/mol. The number of nitrogens with two attached hydrogens (primary N) is 1. The summed E-state index contributed by atoms with van der Waals surface area (Å²) in [5.41, 5.74) is 20.8. The average Bonchev–Trinajstić information content (AvgIpc) is 1.61. The van der Waals surface area contributed by atoms with Crippen molar-refractivity contribution in [1.29, 1.82) is 21.0 Å². The normalized spacial score (nSPS) is 12.0. The summed E-state index contributed by atoms with van der Waals surface area (Å²) >= 11 is 12.0. The van der Waals surface area contributed by atoms with Gasteiger partial charge in [0, 0.05) is 97.2 Å². The van der Waals surface area contributed by atoms with E-state index >= 15 is 0 Å². The van der Waals surface area contributed by atoms with Crippen LogP contribution in [0.2, 0.25) is 0 Å². The maximum Gasteiger partial charge on any atom is 0.328 e. The molecule has 121 heavy (non-hydrogen) atoms. The topological polar surface area (TPSA) is 481 Å². The van der Waals surface area contributed by atoms with Crippen LogP contribution in [0.25, 0.3) is 28.2 Å². The second kappa shape index (κ2) is 49.0. The van der Waals surface area contributed by atoms with E-state index in [2.05, 4.69) is 119 Å². The van der Waals surface area contributed by atoms with Crippen molar-refractivity contribution >= 4 is 127 Å². The number of carboxylic acid groups (broad SMARTS) is 1. The lowest BCUT2D eigenvalue weighted by Crippen LogP contribution is -2.41. The smallest absolute Gasteiger partial charge is 0.328 e. The molecule has 0 unspecified atom stereocenters. The Labute approximate surface area is 737 Å². The first-order chi connectivity index (χ1) is 57.2. The summed E-state index contributed by atoms with van der Waals surface area (Å²) in [7, 11) is -7.83. The number of hydrogen-bond acceptors (Lipinski definition) is 24. The van der Waals surface area contributed by atoms with Crippen LogP contribution in [-0.4, -0.2) is 140 Å². The van der Waals surface area contributed by atoms with Crippen LogP contribution >= 0.6 is 60.1 Å². The number of nitrogens with zero attached hydrogens (tertiary/aromatic N) is 15. The summed E-state index contributed by atoms with van der Waals surface area (Å²) in [5, 5.41) is 55.9. The number of anilines is 1. The van der Waals surface area contributed by atoms with Gasteiger partial charge >= 0.3 is 12.1 Å². The van der Waals surface area contributed by atoms with Crippen molar-refractivity contribution in [2.24, 2.45) is 0 Å². The lowest BCUT2D eigenvalue weighted by Gasteiger charge is -2.30. The van der Waals surface area contributed by atoms with Crippen LogP contribution in [0.15, 0.2) is 142 Å². The Bertz CT molecular complexity index is 5740. The molecule has 4 aromatic carbocycles. The summed E-state index contributed by atoms with van der Waals surface area (Å²) in [6, 6.07) is 34.7. The Morgan fingerprint density at radius 2 is 0.950 bits per heavy atom. The fourth-order valence-electron chi connectivity index (χ4n) is 10.6. The molecule has 0 bridgehead atoms. The van der Waals surface area contributed by atoms with Gasteiger partial charge in [-0.05, 0) is 160 Å². The molecule has 1 saturated heterocycles. The quantitative estimate of drug-likeness (QED) is 0.0416. The van der Waals surface area contributed by atoms with E-state index in [1.165, 1.54) is 30.5 Å². The summed E-state index contributed by atoms with van der Waals surface area (Å²) in [6.07, 6.45) is 12.2. The van der Waals surface area contributed by atoms with Gasteiger partial charge in [-0.2, -0.15) is 21.0 Å². The highest BCUT2D eigenvalue weighted by molar-refractivity contribution is 9.93. The number of carbonyl (C=O) groups is 4. The van der Waals surface area contributed by atoms with E-state index in [-0.39, 0.29) is 28.7 Å². The molecule has 0 aliphatic carbocycles. The number of carboxylic acids is 1. The molecule has 1 aliphatic heterocycles. The van der Waals surface area contributed by atoms with Crippen molar-refractivity contribution in [3.05, 3.63) is 223 Å². The molecule has 0 radical (unpaired) electrons. The Hall–Kier alpha value is -11.0. The van der Waals surface area contributed by atoms with Gasteiger partial charge in [0.15, 0.2) is 46.0 Å². The number of aliphatic carboxylic acids is 1. The number of aromatic nitrogens is 11. The fourth-order valence-corrected chi connectivity index (χ4v) is 13.5. The van der Waals surface area contributed by atoms with Crippen LogP contribution in [0.4, 0.5) is 15.4 Å². The second-order valence-electron chi connectivity index (χ2n) is 27.2. The maximum absolute atomic E-state index is 12.3. The molecular formula is C83H98Br4N20O12S2. The van der Waals surface area contributed by atoms with Gasteiger partial charge in [-0.3, -0.25) is 18.4 Å². The minimum Gasteiger partial charge on any atom is -0.481 e. The van der Waals surface area contributed by atoms with Crippen LogP contribution in [-0.2, 0) is 71.2 Å². The molecule has 8 N–H and O–H groups in total.